The van der Waals surface area contributed by atoms with Gasteiger partial charge in [-0.3, -0.25) is 4.79 Å². The fraction of sp³-hybridized carbons (Fsp3) is 0.250. The highest BCUT2D eigenvalue weighted by atomic mass is 16.5. The van der Waals surface area contributed by atoms with E-state index in [0.29, 0.717) is 11.9 Å². The van der Waals surface area contributed by atoms with E-state index in [9.17, 15) is 9.59 Å². The van der Waals surface area contributed by atoms with Crippen LogP contribution in [0, 0.1) is 0 Å². The molecule has 0 rings (SSSR count). The summed E-state index contributed by atoms with van der Waals surface area (Å²) < 4.78 is 4.32. The van der Waals surface area contributed by atoms with Gasteiger partial charge in [-0.1, -0.05) is 12.2 Å². The van der Waals surface area contributed by atoms with Crippen molar-refractivity contribution in [3.05, 3.63) is 23.8 Å². The molecule has 0 atom stereocenters. The molecular weight excluding hydrogens is 144 g/mol. The lowest BCUT2D eigenvalue weighted by Gasteiger charge is -1.86. The highest BCUT2D eigenvalue weighted by molar-refractivity contribution is 5.82. The van der Waals surface area contributed by atoms with Gasteiger partial charge in [0.1, 0.15) is 6.29 Å². The minimum atomic E-state index is -0.431. The van der Waals surface area contributed by atoms with Crippen molar-refractivity contribution in [2.45, 2.75) is 6.92 Å². The van der Waals surface area contributed by atoms with Crippen molar-refractivity contribution < 1.29 is 14.3 Å². The maximum atomic E-state index is 10.5. The maximum absolute atomic E-state index is 10.5. The largest absolute Gasteiger partial charge is 0.466 e. The van der Waals surface area contributed by atoms with Gasteiger partial charge in [0.2, 0.25) is 0 Å². The molecule has 0 saturated carbocycles. The van der Waals surface area contributed by atoms with Crippen LogP contribution in [0.15, 0.2) is 23.8 Å². The first-order valence-electron chi connectivity index (χ1n) is 3.08. The molecule has 3 heteroatoms. The SMILES string of the molecule is COC(=O)/C=C/C=C(\C)C=O. The number of allylic oxidation sites excluding steroid dienone is 3. The summed E-state index contributed by atoms with van der Waals surface area (Å²) in [5.41, 5.74) is 0.560. The molecule has 0 heterocycles. The first-order chi connectivity index (χ1) is 5.20. The summed E-state index contributed by atoms with van der Waals surface area (Å²) in [5.74, 6) is -0.431. The monoisotopic (exact) mass is 154 g/mol. The van der Waals surface area contributed by atoms with Crippen molar-refractivity contribution in [3.63, 3.8) is 0 Å². The highest BCUT2D eigenvalue weighted by Crippen LogP contribution is 1.87. The molecule has 0 unspecified atom stereocenters. The van der Waals surface area contributed by atoms with Gasteiger partial charge < -0.3 is 4.74 Å². The Morgan fingerprint density at radius 3 is 2.55 bits per heavy atom. The third-order valence-electron chi connectivity index (χ3n) is 0.979. The Morgan fingerprint density at radius 2 is 2.09 bits per heavy atom. The lowest BCUT2D eigenvalue weighted by atomic mass is 10.3. The summed E-state index contributed by atoms with van der Waals surface area (Å²) in [4.78, 5) is 20.5. The van der Waals surface area contributed by atoms with Crippen LogP contribution in [0.25, 0.3) is 0 Å². The Morgan fingerprint density at radius 1 is 1.45 bits per heavy atom. The predicted octanol–water partition coefficient (Wildman–Crippen LogP) is 0.861. The molecule has 0 aliphatic carbocycles. The molecular formula is C8H10O3. The van der Waals surface area contributed by atoms with E-state index in [4.69, 9.17) is 0 Å². The average Bonchev–Trinajstić information content (AvgIpc) is 2.04. The normalized spacial score (nSPS) is 11.6. The van der Waals surface area contributed by atoms with Crippen LogP contribution in [0.2, 0.25) is 0 Å². The van der Waals surface area contributed by atoms with Crippen molar-refractivity contribution in [2.24, 2.45) is 0 Å². The van der Waals surface area contributed by atoms with Crippen molar-refractivity contribution in [2.75, 3.05) is 7.11 Å². The lowest BCUT2D eigenvalue weighted by molar-refractivity contribution is -0.134. The number of hydrogen-bond acceptors (Lipinski definition) is 3. The Kier molecular flexibility index (Phi) is 4.73. The van der Waals surface area contributed by atoms with Gasteiger partial charge in [0.25, 0.3) is 0 Å². The summed E-state index contributed by atoms with van der Waals surface area (Å²) in [5, 5.41) is 0. The van der Waals surface area contributed by atoms with Gasteiger partial charge in [-0.15, -0.1) is 0 Å². The van der Waals surface area contributed by atoms with Gasteiger partial charge in [0, 0.05) is 6.08 Å². The van der Waals surface area contributed by atoms with Crippen LogP contribution >= 0.6 is 0 Å². The zero-order valence-corrected chi connectivity index (χ0v) is 6.53. The van der Waals surface area contributed by atoms with Crippen LogP contribution in [0.3, 0.4) is 0 Å². The van der Waals surface area contributed by atoms with E-state index in [1.54, 1.807) is 6.92 Å². The third kappa shape index (κ3) is 5.08. The highest BCUT2D eigenvalue weighted by Gasteiger charge is 1.87. The lowest BCUT2D eigenvalue weighted by Crippen LogP contribution is -1.92. The number of rotatable bonds is 3. The van der Waals surface area contributed by atoms with Gasteiger partial charge >= 0.3 is 5.97 Å². The molecule has 0 amide bonds. The predicted molar refractivity (Wildman–Crippen MR) is 41.0 cm³/mol. The van der Waals surface area contributed by atoms with Crippen molar-refractivity contribution in [3.8, 4) is 0 Å². The van der Waals surface area contributed by atoms with E-state index in [0.717, 1.165) is 0 Å². The molecule has 0 bridgehead atoms. The number of ether oxygens (including phenoxy) is 1. The van der Waals surface area contributed by atoms with Gasteiger partial charge in [-0.25, -0.2) is 4.79 Å². The molecule has 0 aromatic carbocycles. The van der Waals surface area contributed by atoms with Gasteiger partial charge in [0.15, 0.2) is 0 Å². The fourth-order valence-corrected chi connectivity index (χ4v) is 0.386. The Hall–Kier alpha value is -1.38. The molecule has 0 N–H and O–H groups in total. The first kappa shape index (κ1) is 9.62. The number of methoxy groups -OCH3 is 1. The van der Waals surface area contributed by atoms with Crippen LogP contribution in [-0.2, 0) is 14.3 Å². The zero-order valence-electron chi connectivity index (χ0n) is 6.53. The second kappa shape index (κ2) is 5.41. The molecule has 0 aliphatic rings. The summed E-state index contributed by atoms with van der Waals surface area (Å²) in [6.07, 6.45) is 4.95. The topological polar surface area (TPSA) is 43.4 Å². The van der Waals surface area contributed by atoms with Crippen LogP contribution in [0.1, 0.15) is 6.92 Å². The smallest absolute Gasteiger partial charge is 0.330 e. The summed E-state index contributed by atoms with van der Waals surface area (Å²) in [6.45, 7) is 1.65. The summed E-state index contributed by atoms with van der Waals surface area (Å²) in [7, 11) is 1.29. The van der Waals surface area contributed by atoms with Gasteiger partial charge in [-0.05, 0) is 12.5 Å². The summed E-state index contributed by atoms with van der Waals surface area (Å²) in [6, 6.07) is 0. The third-order valence-corrected chi connectivity index (χ3v) is 0.979. The molecule has 60 valence electrons. The molecule has 0 saturated heterocycles. The second-order valence-electron chi connectivity index (χ2n) is 1.91. The number of carbonyl (C=O) groups excluding carboxylic acids is 2. The Labute approximate surface area is 65.4 Å². The maximum Gasteiger partial charge on any atom is 0.330 e. The van der Waals surface area contributed by atoms with Crippen LogP contribution < -0.4 is 0 Å². The molecule has 11 heavy (non-hydrogen) atoms. The van der Waals surface area contributed by atoms with Crippen LogP contribution in [0.4, 0.5) is 0 Å². The van der Waals surface area contributed by atoms with E-state index in [1.165, 1.54) is 25.3 Å². The summed E-state index contributed by atoms with van der Waals surface area (Å²) >= 11 is 0. The zero-order chi connectivity index (χ0) is 8.69. The minimum Gasteiger partial charge on any atom is -0.466 e. The van der Waals surface area contributed by atoms with E-state index >= 15 is 0 Å². The van der Waals surface area contributed by atoms with Crippen molar-refractivity contribution in [1.82, 2.24) is 0 Å². The van der Waals surface area contributed by atoms with Crippen molar-refractivity contribution in [1.29, 1.82) is 0 Å². The van der Waals surface area contributed by atoms with Crippen molar-refractivity contribution >= 4 is 12.3 Å². The molecule has 0 aromatic rings. The number of aldehydes is 1. The van der Waals surface area contributed by atoms with Crippen LogP contribution in [-0.4, -0.2) is 19.4 Å². The Balaban J connectivity index is 3.95. The van der Waals surface area contributed by atoms with Crippen LogP contribution in [0.5, 0.6) is 0 Å². The second-order valence-corrected chi connectivity index (χ2v) is 1.91. The molecule has 0 spiro atoms. The average molecular weight is 154 g/mol. The first-order valence-corrected chi connectivity index (χ1v) is 3.08. The Bertz CT molecular complexity index is 201. The van der Waals surface area contributed by atoms with E-state index in [1.807, 2.05) is 0 Å². The number of esters is 1. The molecule has 0 radical (unpaired) electrons. The molecule has 3 nitrogen and oxygen atoms in total. The standard InChI is InChI=1S/C8H10O3/c1-7(6-9)4-3-5-8(10)11-2/h3-6H,1-2H3/b5-3+,7-4+. The number of carbonyl (C=O) groups is 2. The van der Waals surface area contributed by atoms with Gasteiger partial charge in [-0.2, -0.15) is 0 Å². The fourth-order valence-electron chi connectivity index (χ4n) is 0.386. The van der Waals surface area contributed by atoms with E-state index < -0.39 is 5.97 Å². The molecule has 0 aromatic heterocycles. The van der Waals surface area contributed by atoms with E-state index in [-0.39, 0.29) is 0 Å². The molecule has 0 aliphatic heterocycles. The number of hydrogen-bond donors (Lipinski definition) is 0. The minimum absolute atomic E-state index is 0.431. The van der Waals surface area contributed by atoms with Gasteiger partial charge in [0.05, 0.1) is 7.11 Å². The molecule has 0 fully saturated rings. The quantitative estimate of drug-likeness (QED) is 0.262. The van der Waals surface area contributed by atoms with E-state index in [2.05, 4.69) is 4.74 Å².